The minimum Gasteiger partial charge on any atom is -0.458 e. The second-order valence-corrected chi connectivity index (χ2v) is 13.6. The molecule has 6 heteroatoms. The summed E-state index contributed by atoms with van der Waals surface area (Å²) in [7, 11) is 0. The van der Waals surface area contributed by atoms with Crippen molar-refractivity contribution >= 4 is 28.5 Å². The largest absolute Gasteiger partial charge is 0.458 e. The van der Waals surface area contributed by atoms with Crippen molar-refractivity contribution in [3.63, 3.8) is 0 Å². The van der Waals surface area contributed by atoms with Crippen molar-refractivity contribution in [3.8, 4) is 0 Å². The molecule has 3 fully saturated rings. The number of H-pyrrole nitrogens is 1. The van der Waals surface area contributed by atoms with Crippen LogP contribution in [0, 0.1) is 28.6 Å². The Bertz CT molecular complexity index is 1570. The minimum atomic E-state index is -0.182. The number of para-hydroxylation sites is 1. The lowest BCUT2D eigenvalue weighted by Crippen LogP contribution is -2.51. The maximum atomic E-state index is 12.9. The first-order valence-corrected chi connectivity index (χ1v) is 15.7. The molecule has 0 saturated heterocycles. The molecule has 2 aromatic carbocycles. The van der Waals surface area contributed by atoms with E-state index in [2.05, 4.69) is 35.4 Å². The van der Waals surface area contributed by atoms with Gasteiger partial charge in [0.05, 0.1) is 17.7 Å². The van der Waals surface area contributed by atoms with E-state index in [1.54, 1.807) is 0 Å². The fourth-order valence-electron chi connectivity index (χ4n) is 9.20. The third-order valence-corrected chi connectivity index (χ3v) is 11.5. The van der Waals surface area contributed by atoms with E-state index >= 15 is 0 Å². The van der Waals surface area contributed by atoms with Crippen LogP contribution in [0.15, 0.2) is 77.5 Å². The van der Waals surface area contributed by atoms with Crippen LogP contribution < -0.4 is 5.43 Å². The maximum Gasteiger partial charge on any atom is 0.338 e. The van der Waals surface area contributed by atoms with Gasteiger partial charge in [0, 0.05) is 22.5 Å². The molecule has 1 amide bonds. The Morgan fingerprint density at radius 1 is 0.952 bits per heavy atom. The van der Waals surface area contributed by atoms with Crippen molar-refractivity contribution in [2.75, 3.05) is 0 Å². The van der Waals surface area contributed by atoms with E-state index < -0.39 is 0 Å². The number of allylic oxidation sites excluding steroid dienone is 2. The number of hydrogen-bond donors (Lipinski definition) is 2. The lowest BCUT2D eigenvalue weighted by molar-refractivity contribution is -0.120. The number of rotatable bonds is 5. The van der Waals surface area contributed by atoms with Crippen LogP contribution in [0.3, 0.4) is 0 Å². The number of carbonyl (C=O) groups is 2. The van der Waals surface area contributed by atoms with Crippen LogP contribution in [0.25, 0.3) is 10.9 Å². The highest BCUT2D eigenvalue weighted by molar-refractivity contribution is 5.98. The summed E-state index contributed by atoms with van der Waals surface area (Å²) < 4.78 is 6.19. The van der Waals surface area contributed by atoms with Gasteiger partial charge in [-0.3, -0.25) is 4.79 Å². The summed E-state index contributed by atoms with van der Waals surface area (Å²) in [5.74, 6) is 1.65. The van der Waals surface area contributed by atoms with Crippen molar-refractivity contribution in [1.82, 2.24) is 10.4 Å². The van der Waals surface area contributed by atoms with Crippen molar-refractivity contribution in [2.24, 2.45) is 33.7 Å². The van der Waals surface area contributed by atoms with E-state index in [1.165, 1.54) is 18.4 Å². The number of aromatic amines is 1. The smallest absolute Gasteiger partial charge is 0.338 e. The zero-order valence-corrected chi connectivity index (χ0v) is 24.7. The first kappa shape index (κ1) is 27.2. The van der Waals surface area contributed by atoms with E-state index in [9.17, 15) is 9.59 Å². The van der Waals surface area contributed by atoms with Crippen molar-refractivity contribution in [2.45, 2.75) is 77.7 Å². The number of esters is 1. The summed E-state index contributed by atoms with van der Waals surface area (Å²) in [5, 5.41) is 5.66. The van der Waals surface area contributed by atoms with E-state index in [0.29, 0.717) is 29.7 Å². The standard InChI is InChI=1S/C36H41N3O3/c1-35-18-16-26(38-39-33(40)20-24-22-37-31-11-7-6-10-27(24)31)21-25(35)12-13-28-29-14-15-32(36(29,2)19-17-30(28)35)42-34(41)23-8-4-3-5-9-23/h3-11,21-22,28-30,32,37H,12-20H2,1-2H3,(H,39,40)/b38-26+/t28-,29-,30-,32+,35-,36-/m0/s1. The number of aromatic nitrogens is 1. The number of nitrogens with one attached hydrogen (secondary N) is 2. The third kappa shape index (κ3) is 4.60. The van der Waals surface area contributed by atoms with Crippen LogP contribution in [0.5, 0.6) is 0 Å². The van der Waals surface area contributed by atoms with E-state index in [-0.39, 0.29) is 28.8 Å². The molecule has 0 unspecified atom stereocenters. The molecule has 1 aromatic heterocycles. The summed E-state index contributed by atoms with van der Waals surface area (Å²) in [6.07, 6.45) is 13.1. The van der Waals surface area contributed by atoms with Gasteiger partial charge in [0.25, 0.3) is 0 Å². The Kier molecular flexibility index (Phi) is 6.83. The number of hydrazone groups is 1. The van der Waals surface area contributed by atoms with Crippen molar-refractivity contribution in [3.05, 3.63) is 83.6 Å². The lowest BCUT2D eigenvalue weighted by Gasteiger charge is -2.58. The minimum absolute atomic E-state index is 0.00105. The number of fused-ring (bicyclic) bond motifs is 6. The molecule has 4 aliphatic rings. The Morgan fingerprint density at radius 2 is 1.76 bits per heavy atom. The zero-order valence-electron chi connectivity index (χ0n) is 24.7. The molecule has 6 nitrogen and oxygen atoms in total. The number of hydrogen-bond acceptors (Lipinski definition) is 4. The van der Waals surface area contributed by atoms with E-state index in [1.807, 2.05) is 60.8 Å². The number of nitrogens with zero attached hydrogens (tertiary/aromatic N) is 1. The van der Waals surface area contributed by atoms with Gasteiger partial charge in [0.15, 0.2) is 0 Å². The molecule has 0 spiro atoms. The van der Waals surface area contributed by atoms with Crippen LogP contribution >= 0.6 is 0 Å². The molecule has 3 saturated carbocycles. The molecule has 0 bridgehead atoms. The normalized spacial score (nSPS) is 32.9. The van der Waals surface area contributed by atoms with Crippen LogP contribution in [-0.4, -0.2) is 28.7 Å². The molecule has 218 valence electrons. The quantitative estimate of drug-likeness (QED) is 0.251. The first-order valence-electron chi connectivity index (χ1n) is 15.7. The highest BCUT2D eigenvalue weighted by Crippen LogP contribution is 2.65. The van der Waals surface area contributed by atoms with Gasteiger partial charge in [-0.05, 0) is 104 Å². The van der Waals surface area contributed by atoms with Crippen LogP contribution in [-0.2, 0) is 16.0 Å². The average molecular weight is 564 g/mol. The Labute approximate surface area is 248 Å². The lowest BCUT2D eigenvalue weighted by atomic mass is 9.47. The predicted octanol–water partition coefficient (Wildman–Crippen LogP) is 7.37. The summed E-state index contributed by atoms with van der Waals surface area (Å²) in [5.41, 5.74) is 8.24. The van der Waals surface area contributed by atoms with Crippen molar-refractivity contribution in [1.29, 1.82) is 0 Å². The van der Waals surface area contributed by atoms with Gasteiger partial charge in [-0.2, -0.15) is 5.10 Å². The summed E-state index contributed by atoms with van der Waals surface area (Å²) >= 11 is 0. The average Bonchev–Trinajstić information content (AvgIpc) is 3.56. The molecule has 42 heavy (non-hydrogen) atoms. The van der Waals surface area contributed by atoms with E-state index in [4.69, 9.17) is 4.74 Å². The molecule has 4 aliphatic carbocycles. The summed E-state index contributed by atoms with van der Waals surface area (Å²) in [6, 6.07) is 17.5. The molecular weight excluding hydrogens is 522 g/mol. The number of benzene rings is 2. The highest BCUT2D eigenvalue weighted by Gasteiger charge is 2.59. The second kappa shape index (κ2) is 10.6. The van der Waals surface area contributed by atoms with Gasteiger partial charge in [-0.15, -0.1) is 0 Å². The Morgan fingerprint density at radius 3 is 2.62 bits per heavy atom. The Balaban J connectivity index is 1.02. The first-order chi connectivity index (χ1) is 20.3. The van der Waals surface area contributed by atoms with Gasteiger partial charge in [0.1, 0.15) is 6.10 Å². The summed E-state index contributed by atoms with van der Waals surface area (Å²) in [4.78, 5) is 28.9. The maximum absolute atomic E-state index is 12.9. The van der Waals surface area contributed by atoms with Gasteiger partial charge >= 0.3 is 5.97 Å². The molecule has 0 aliphatic heterocycles. The molecule has 7 rings (SSSR count). The third-order valence-electron chi connectivity index (χ3n) is 11.5. The highest BCUT2D eigenvalue weighted by atomic mass is 16.5. The SMILES string of the molecule is C[C@]12CC[C@H]3[C@@H](CCC4=C/C(=N/NC(=O)Cc5c[nH]c6ccccc56)CC[C@@]43C)[C@@H]1CC[C@H]2OC(=O)c1ccccc1. The van der Waals surface area contributed by atoms with Crippen molar-refractivity contribution < 1.29 is 14.3 Å². The Hall–Kier alpha value is -3.67. The summed E-state index contributed by atoms with van der Waals surface area (Å²) in [6.45, 7) is 4.87. The monoisotopic (exact) mass is 563 g/mol. The second-order valence-electron chi connectivity index (χ2n) is 13.6. The van der Waals surface area contributed by atoms with Gasteiger partial charge in [-0.1, -0.05) is 55.8 Å². The molecular formula is C36H41N3O3. The van der Waals surface area contributed by atoms with Gasteiger partial charge in [0.2, 0.25) is 5.91 Å². The van der Waals surface area contributed by atoms with Gasteiger partial charge in [-0.25, -0.2) is 10.2 Å². The topological polar surface area (TPSA) is 83.6 Å². The van der Waals surface area contributed by atoms with Crippen LogP contribution in [0.2, 0.25) is 0 Å². The fourth-order valence-corrected chi connectivity index (χ4v) is 9.20. The van der Waals surface area contributed by atoms with Crippen LogP contribution in [0.4, 0.5) is 0 Å². The zero-order chi connectivity index (χ0) is 28.9. The predicted molar refractivity (Wildman–Crippen MR) is 165 cm³/mol. The fraction of sp³-hybridized carbons (Fsp3) is 0.472. The molecule has 1 heterocycles. The molecule has 0 radical (unpaired) electrons. The molecule has 3 aromatic rings. The van der Waals surface area contributed by atoms with Crippen LogP contribution in [0.1, 0.15) is 81.1 Å². The molecule has 6 atom stereocenters. The number of carbonyl (C=O) groups excluding carboxylic acids is 2. The molecule has 2 N–H and O–H groups in total. The van der Waals surface area contributed by atoms with E-state index in [0.717, 1.165) is 60.7 Å². The number of amides is 1. The number of ether oxygens (including phenoxy) is 1. The van der Waals surface area contributed by atoms with Gasteiger partial charge < -0.3 is 9.72 Å².